The summed E-state index contributed by atoms with van der Waals surface area (Å²) < 4.78 is 37.7. The van der Waals surface area contributed by atoms with Crippen LogP contribution in [0.25, 0.3) is 11.3 Å². The lowest BCUT2D eigenvalue weighted by Crippen LogP contribution is -2.07. The predicted molar refractivity (Wildman–Crippen MR) is 63.0 cm³/mol. The number of benzene rings is 1. The average molecular weight is 319 g/mol. The molecule has 2 aromatic rings. The highest BCUT2D eigenvalue weighted by atomic mass is 79.9. The minimum atomic E-state index is -4.39. The van der Waals surface area contributed by atoms with Gasteiger partial charge in [0.2, 0.25) is 0 Å². The van der Waals surface area contributed by atoms with E-state index in [1.54, 1.807) is 0 Å². The van der Waals surface area contributed by atoms with Crippen molar-refractivity contribution in [2.75, 3.05) is 0 Å². The molecular weight excluding hydrogens is 313 g/mol. The molecule has 3 nitrogen and oxygen atoms in total. The van der Waals surface area contributed by atoms with Crippen molar-refractivity contribution < 1.29 is 13.2 Å². The van der Waals surface area contributed by atoms with Crippen LogP contribution >= 0.6 is 15.9 Å². The standard InChI is InChI=1S/C11H6BrF3N2O/c12-8-5-6(11(13,14)15)1-2-7(8)9-3-4-10(18)17-16-9/h1-5H,(H,17,18). The van der Waals surface area contributed by atoms with Crippen LogP contribution in [0.5, 0.6) is 0 Å². The molecule has 1 N–H and O–H groups in total. The molecule has 0 fully saturated rings. The molecule has 0 saturated heterocycles. The van der Waals surface area contributed by atoms with E-state index in [0.717, 1.165) is 12.1 Å². The van der Waals surface area contributed by atoms with Crippen molar-refractivity contribution in [1.29, 1.82) is 0 Å². The van der Waals surface area contributed by atoms with E-state index < -0.39 is 11.7 Å². The van der Waals surface area contributed by atoms with Gasteiger partial charge >= 0.3 is 6.18 Å². The monoisotopic (exact) mass is 318 g/mol. The minimum Gasteiger partial charge on any atom is -0.268 e. The number of rotatable bonds is 1. The largest absolute Gasteiger partial charge is 0.416 e. The highest BCUT2D eigenvalue weighted by Gasteiger charge is 2.30. The van der Waals surface area contributed by atoms with E-state index in [2.05, 4.69) is 26.1 Å². The first kappa shape index (κ1) is 12.8. The summed E-state index contributed by atoms with van der Waals surface area (Å²) in [5.41, 5.74) is -0.265. The summed E-state index contributed by atoms with van der Waals surface area (Å²) in [5.74, 6) is 0. The van der Waals surface area contributed by atoms with Crippen LogP contribution in [0, 0.1) is 0 Å². The van der Waals surface area contributed by atoms with Crippen LogP contribution in [0.15, 0.2) is 39.6 Å². The van der Waals surface area contributed by atoms with Crippen LogP contribution in [-0.2, 0) is 6.18 Å². The zero-order valence-electron chi connectivity index (χ0n) is 8.75. The van der Waals surface area contributed by atoms with Crippen LogP contribution in [-0.4, -0.2) is 10.2 Å². The Balaban J connectivity index is 2.48. The lowest BCUT2D eigenvalue weighted by atomic mass is 10.1. The van der Waals surface area contributed by atoms with Gasteiger partial charge in [0.05, 0.1) is 11.3 Å². The third-order valence-corrected chi connectivity index (χ3v) is 2.91. The zero-order valence-corrected chi connectivity index (χ0v) is 10.3. The molecule has 0 amide bonds. The van der Waals surface area contributed by atoms with Crippen LogP contribution < -0.4 is 5.56 Å². The molecule has 0 spiro atoms. The molecule has 7 heteroatoms. The van der Waals surface area contributed by atoms with Crippen molar-refractivity contribution in [3.8, 4) is 11.3 Å². The molecule has 0 bridgehead atoms. The van der Waals surface area contributed by atoms with Crippen molar-refractivity contribution in [3.05, 3.63) is 50.7 Å². The molecule has 0 unspecified atom stereocenters. The quantitative estimate of drug-likeness (QED) is 0.877. The van der Waals surface area contributed by atoms with E-state index in [-0.39, 0.29) is 10.0 Å². The van der Waals surface area contributed by atoms with Crippen LogP contribution in [0.2, 0.25) is 0 Å². The SMILES string of the molecule is O=c1ccc(-c2ccc(C(F)(F)F)cc2Br)n[nH]1. The van der Waals surface area contributed by atoms with E-state index >= 15 is 0 Å². The van der Waals surface area contributed by atoms with Crippen molar-refractivity contribution >= 4 is 15.9 Å². The summed E-state index contributed by atoms with van der Waals surface area (Å²) in [6, 6.07) is 5.93. The Kier molecular flexibility index (Phi) is 3.25. The lowest BCUT2D eigenvalue weighted by Gasteiger charge is -2.09. The summed E-state index contributed by atoms with van der Waals surface area (Å²) in [6.45, 7) is 0. The Morgan fingerprint density at radius 2 is 1.89 bits per heavy atom. The van der Waals surface area contributed by atoms with Gasteiger partial charge in [0.25, 0.3) is 5.56 Å². The second kappa shape index (κ2) is 4.56. The highest BCUT2D eigenvalue weighted by Crippen LogP contribution is 2.34. The van der Waals surface area contributed by atoms with E-state index in [4.69, 9.17) is 0 Å². The van der Waals surface area contributed by atoms with E-state index in [1.807, 2.05) is 0 Å². The number of alkyl halides is 3. The van der Waals surface area contributed by atoms with Crippen molar-refractivity contribution in [2.24, 2.45) is 0 Å². The third-order valence-electron chi connectivity index (χ3n) is 2.25. The summed E-state index contributed by atoms with van der Waals surface area (Å²) in [6.07, 6.45) is -4.39. The number of aromatic amines is 1. The Hall–Kier alpha value is -1.63. The summed E-state index contributed by atoms with van der Waals surface area (Å²) in [7, 11) is 0. The molecule has 0 aliphatic heterocycles. The molecule has 1 aromatic carbocycles. The normalized spacial score (nSPS) is 11.6. The smallest absolute Gasteiger partial charge is 0.268 e. The molecule has 0 radical (unpaired) electrons. The van der Waals surface area contributed by atoms with Crippen molar-refractivity contribution in [2.45, 2.75) is 6.18 Å². The Bertz CT molecular complexity index is 616. The summed E-state index contributed by atoms with van der Waals surface area (Å²) >= 11 is 3.06. The highest BCUT2D eigenvalue weighted by molar-refractivity contribution is 9.10. The zero-order chi connectivity index (χ0) is 13.3. The van der Waals surface area contributed by atoms with Gasteiger partial charge < -0.3 is 0 Å². The number of halogens is 4. The molecule has 18 heavy (non-hydrogen) atoms. The second-order valence-corrected chi connectivity index (χ2v) is 4.35. The fourth-order valence-corrected chi connectivity index (χ4v) is 1.98. The number of hydrogen-bond acceptors (Lipinski definition) is 2. The fourth-order valence-electron chi connectivity index (χ4n) is 1.39. The van der Waals surface area contributed by atoms with Gasteiger partial charge in [-0.25, -0.2) is 5.10 Å². The molecule has 0 atom stereocenters. The number of hydrogen-bond donors (Lipinski definition) is 1. The van der Waals surface area contributed by atoms with Gasteiger partial charge in [0.15, 0.2) is 0 Å². The van der Waals surface area contributed by atoms with Gasteiger partial charge in [-0.3, -0.25) is 4.79 Å². The molecule has 0 saturated carbocycles. The summed E-state index contributed by atoms with van der Waals surface area (Å²) in [4.78, 5) is 10.8. The van der Waals surface area contributed by atoms with E-state index in [9.17, 15) is 18.0 Å². The molecule has 2 rings (SSSR count). The molecule has 1 aromatic heterocycles. The maximum absolute atomic E-state index is 12.5. The van der Waals surface area contributed by atoms with Crippen LogP contribution in [0.1, 0.15) is 5.56 Å². The van der Waals surface area contributed by atoms with Gasteiger partial charge in [-0.1, -0.05) is 22.0 Å². The Labute approximate surface area is 108 Å². The molecule has 0 aliphatic carbocycles. The molecular formula is C11H6BrF3N2O. The maximum Gasteiger partial charge on any atom is 0.416 e. The Morgan fingerprint density at radius 1 is 1.17 bits per heavy atom. The molecule has 0 aliphatic rings. The second-order valence-electron chi connectivity index (χ2n) is 3.50. The van der Waals surface area contributed by atoms with Crippen LogP contribution in [0.3, 0.4) is 0 Å². The van der Waals surface area contributed by atoms with Gasteiger partial charge in [-0.2, -0.15) is 18.3 Å². The maximum atomic E-state index is 12.5. The first-order valence-electron chi connectivity index (χ1n) is 4.81. The molecule has 94 valence electrons. The van der Waals surface area contributed by atoms with Crippen molar-refractivity contribution in [3.63, 3.8) is 0 Å². The predicted octanol–water partition coefficient (Wildman–Crippen LogP) is 3.22. The third kappa shape index (κ3) is 2.61. The fraction of sp³-hybridized carbons (Fsp3) is 0.0909. The van der Waals surface area contributed by atoms with Gasteiger partial charge in [-0.15, -0.1) is 0 Å². The minimum absolute atomic E-state index is 0.261. The Morgan fingerprint density at radius 3 is 2.39 bits per heavy atom. The van der Waals surface area contributed by atoms with E-state index in [0.29, 0.717) is 11.3 Å². The van der Waals surface area contributed by atoms with Gasteiger partial charge in [0, 0.05) is 16.1 Å². The van der Waals surface area contributed by atoms with Gasteiger partial charge in [0.1, 0.15) is 0 Å². The summed E-state index contributed by atoms with van der Waals surface area (Å²) in [5, 5.41) is 5.97. The number of nitrogens with one attached hydrogen (secondary N) is 1. The first-order chi connectivity index (χ1) is 8.38. The number of H-pyrrole nitrogens is 1. The number of nitrogens with zero attached hydrogens (tertiary/aromatic N) is 1. The first-order valence-corrected chi connectivity index (χ1v) is 5.60. The van der Waals surface area contributed by atoms with Crippen molar-refractivity contribution in [1.82, 2.24) is 10.2 Å². The van der Waals surface area contributed by atoms with E-state index in [1.165, 1.54) is 18.2 Å². The van der Waals surface area contributed by atoms with Gasteiger partial charge in [-0.05, 0) is 18.2 Å². The number of aromatic nitrogens is 2. The average Bonchev–Trinajstić information content (AvgIpc) is 2.29. The topological polar surface area (TPSA) is 45.8 Å². The van der Waals surface area contributed by atoms with Crippen LogP contribution in [0.4, 0.5) is 13.2 Å². The molecule has 1 heterocycles. The lowest BCUT2D eigenvalue weighted by molar-refractivity contribution is -0.137.